The van der Waals surface area contributed by atoms with E-state index in [1.165, 1.54) is 30.2 Å². The van der Waals surface area contributed by atoms with Gasteiger partial charge in [-0.3, -0.25) is 4.79 Å². The normalized spacial score (nSPS) is 15.6. The zero-order valence-electron chi connectivity index (χ0n) is 16.0. The van der Waals surface area contributed by atoms with Gasteiger partial charge in [0.1, 0.15) is 22.9 Å². The lowest BCUT2D eigenvalue weighted by Crippen LogP contribution is -2.50. The summed E-state index contributed by atoms with van der Waals surface area (Å²) in [6, 6.07) is 10.7. The molecule has 2 amide bonds. The molecule has 8 heteroatoms. The van der Waals surface area contributed by atoms with Gasteiger partial charge >= 0.3 is 6.09 Å². The van der Waals surface area contributed by atoms with Crippen LogP contribution in [-0.4, -0.2) is 53.9 Å². The Morgan fingerprint density at radius 1 is 1.21 bits per heavy atom. The maximum atomic E-state index is 13.9. The number of halogens is 1. The van der Waals surface area contributed by atoms with Crippen LogP contribution >= 0.6 is 0 Å². The molecule has 1 aliphatic rings. The summed E-state index contributed by atoms with van der Waals surface area (Å²) in [4.78, 5) is 25.4. The topological polar surface area (TPSA) is 99.1 Å². The van der Waals surface area contributed by atoms with Crippen LogP contribution in [0.5, 0.6) is 11.5 Å². The Bertz CT molecular complexity index is 910. The number of nitrogens with one attached hydrogen (secondary N) is 1. The number of likely N-dealkylation sites (tertiary alicyclic amines) is 1. The van der Waals surface area contributed by atoms with Crippen LogP contribution in [0.4, 0.5) is 9.18 Å². The number of phenols is 1. The highest BCUT2D eigenvalue weighted by Crippen LogP contribution is 2.36. The van der Waals surface area contributed by atoms with Crippen molar-refractivity contribution in [3.8, 4) is 11.5 Å². The predicted molar refractivity (Wildman–Crippen MR) is 104 cm³/mol. The number of aromatic hydroxyl groups is 1. The first kappa shape index (κ1) is 20.4. The molecule has 2 aromatic rings. The molecule has 3 rings (SSSR count). The fourth-order valence-electron chi connectivity index (χ4n) is 3.77. The van der Waals surface area contributed by atoms with Crippen LogP contribution in [0.15, 0.2) is 42.5 Å². The SMILES string of the molecule is COc1cccc(O)c1C(=O)NCC1(c2cccc(F)c2)CCN(C(=O)O)CC1. The minimum atomic E-state index is -0.999. The largest absolute Gasteiger partial charge is 0.507 e. The van der Waals surface area contributed by atoms with E-state index in [4.69, 9.17) is 4.74 Å². The number of rotatable bonds is 5. The van der Waals surface area contributed by atoms with E-state index < -0.39 is 23.2 Å². The van der Waals surface area contributed by atoms with E-state index in [-0.39, 0.29) is 36.7 Å². The summed E-state index contributed by atoms with van der Waals surface area (Å²) in [5.74, 6) is -0.877. The molecule has 3 N–H and O–H groups in total. The van der Waals surface area contributed by atoms with E-state index in [2.05, 4.69) is 5.32 Å². The highest BCUT2D eigenvalue weighted by Gasteiger charge is 2.38. The van der Waals surface area contributed by atoms with Crippen molar-refractivity contribution in [2.75, 3.05) is 26.7 Å². The summed E-state index contributed by atoms with van der Waals surface area (Å²) in [5.41, 5.74) is 0.0980. The van der Waals surface area contributed by atoms with Gasteiger partial charge in [-0.05, 0) is 42.7 Å². The second-order valence-corrected chi connectivity index (χ2v) is 7.10. The van der Waals surface area contributed by atoms with Crippen LogP contribution in [0.3, 0.4) is 0 Å². The number of carbonyl (C=O) groups is 2. The lowest BCUT2D eigenvalue weighted by atomic mass is 9.72. The molecule has 1 aliphatic heterocycles. The molecule has 0 radical (unpaired) electrons. The number of methoxy groups -OCH3 is 1. The van der Waals surface area contributed by atoms with Crippen molar-refractivity contribution in [2.45, 2.75) is 18.3 Å². The Balaban J connectivity index is 1.85. The van der Waals surface area contributed by atoms with Gasteiger partial charge in [0.15, 0.2) is 0 Å². The van der Waals surface area contributed by atoms with Gasteiger partial charge in [0, 0.05) is 25.0 Å². The fourth-order valence-corrected chi connectivity index (χ4v) is 3.77. The molecular weight excluding hydrogens is 379 g/mol. The molecule has 1 fully saturated rings. The Labute approximate surface area is 167 Å². The lowest BCUT2D eigenvalue weighted by molar-refractivity contribution is 0.0902. The van der Waals surface area contributed by atoms with Gasteiger partial charge in [0.2, 0.25) is 0 Å². The van der Waals surface area contributed by atoms with Crippen LogP contribution in [0, 0.1) is 5.82 Å². The molecule has 154 valence electrons. The highest BCUT2D eigenvalue weighted by atomic mass is 19.1. The van der Waals surface area contributed by atoms with E-state index in [9.17, 15) is 24.2 Å². The molecule has 2 aromatic carbocycles. The van der Waals surface area contributed by atoms with Crippen LogP contribution in [0.2, 0.25) is 0 Å². The maximum Gasteiger partial charge on any atom is 0.407 e. The van der Waals surface area contributed by atoms with Crippen molar-refractivity contribution in [1.29, 1.82) is 0 Å². The van der Waals surface area contributed by atoms with E-state index in [0.29, 0.717) is 18.4 Å². The van der Waals surface area contributed by atoms with Crippen LogP contribution in [-0.2, 0) is 5.41 Å². The Morgan fingerprint density at radius 3 is 2.52 bits per heavy atom. The van der Waals surface area contributed by atoms with Crippen molar-refractivity contribution in [2.24, 2.45) is 0 Å². The first-order valence-electron chi connectivity index (χ1n) is 9.24. The lowest BCUT2D eigenvalue weighted by Gasteiger charge is -2.41. The monoisotopic (exact) mass is 402 g/mol. The van der Waals surface area contributed by atoms with E-state index >= 15 is 0 Å². The minimum Gasteiger partial charge on any atom is -0.507 e. The summed E-state index contributed by atoms with van der Waals surface area (Å²) in [5, 5.41) is 22.1. The van der Waals surface area contributed by atoms with Gasteiger partial charge in [-0.2, -0.15) is 0 Å². The van der Waals surface area contributed by atoms with Crippen molar-refractivity contribution in [1.82, 2.24) is 10.2 Å². The zero-order valence-corrected chi connectivity index (χ0v) is 16.0. The number of ether oxygens (including phenoxy) is 1. The number of carboxylic acid groups (broad SMARTS) is 1. The Kier molecular flexibility index (Phi) is 5.91. The van der Waals surface area contributed by atoms with E-state index in [1.54, 1.807) is 24.3 Å². The van der Waals surface area contributed by atoms with Crippen molar-refractivity contribution in [3.63, 3.8) is 0 Å². The van der Waals surface area contributed by atoms with Crippen LogP contribution in [0.25, 0.3) is 0 Å². The summed E-state index contributed by atoms with van der Waals surface area (Å²) in [6.07, 6.45) is -0.136. The molecule has 1 heterocycles. The zero-order chi connectivity index (χ0) is 21.0. The van der Waals surface area contributed by atoms with Gasteiger partial charge in [-0.25, -0.2) is 9.18 Å². The van der Waals surface area contributed by atoms with Crippen LogP contribution < -0.4 is 10.1 Å². The summed E-state index contributed by atoms with van der Waals surface area (Å²) in [6.45, 7) is 0.726. The number of piperidine rings is 1. The number of hydrogen-bond donors (Lipinski definition) is 3. The third-order valence-electron chi connectivity index (χ3n) is 5.47. The molecule has 29 heavy (non-hydrogen) atoms. The number of nitrogens with zero attached hydrogens (tertiary/aromatic N) is 1. The van der Waals surface area contributed by atoms with E-state index in [1.807, 2.05) is 0 Å². The number of phenolic OH excluding ortho intramolecular Hbond substituents is 1. The third kappa shape index (κ3) is 4.26. The number of benzene rings is 2. The van der Waals surface area contributed by atoms with Crippen LogP contribution in [0.1, 0.15) is 28.8 Å². The van der Waals surface area contributed by atoms with Gasteiger partial charge in [0.25, 0.3) is 5.91 Å². The summed E-state index contributed by atoms with van der Waals surface area (Å²) < 4.78 is 19.0. The van der Waals surface area contributed by atoms with Gasteiger partial charge in [0.05, 0.1) is 7.11 Å². The average Bonchev–Trinajstić information content (AvgIpc) is 2.72. The van der Waals surface area contributed by atoms with Crippen molar-refractivity contribution in [3.05, 3.63) is 59.4 Å². The third-order valence-corrected chi connectivity index (χ3v) is 5.47. The van der Waals surface area contributed by atoms with Crippen molar-refractivity contribution < 1.29 is 28.9 Å². The molecular formula is C21H23FN2O5. The first-order chi connectivity index (χ1) is 13.9. The molecule has 0 spiro atoms. The molecule has 0 atom stereocenters. The number of carbonyl (C=O) groups excluding carboxylic acids is 1. The maximum absolute atomic E-state index is 13.9. The van der Waals surface area contributed by atoms with Gasteiger partial charge < -0.3 is 25.2 Å². The molecule has 0 unspecified atom stereocenters. The first-order valence-corrected chi connectivity index (χ1v) is 9.24. The second kappa shape index (κ2) is 8.38. The molecule has 0 bridgehead atoms. The fraction of sp³-hybridized carbons (Fsp3) is 0.333. The molecule has 7 nitrogen and oxygen atoms in total. The minimum absolute atomic E-state index is 0.0207. The summed E-state index contributed by atoms with van der Waals surface area (Å²) >= 11 is 0. The smallest absolute Gasteiger partial charge is 0.407 e. The Morgan fingerprint density at radius 2 is 1.90 bits per heavy atom. The van der Waals surface area contributed by atoms with E-state index in [0.717, 1.165) is 0 Å². The quantitative estimate of drug-likeness (QED) is 0.714. The van der Waals surface area contributed by atoms with Gasteiger partial charge in [-0.15, -0.1) is 0 Å². The molecule has 1 saturated heterocycles. The second-order valence-electron chi connectivity index (χ2n) is 7.10. The average molecular weight is 402 g/mol. The van der Waals surface area contributed by atoms with Crippen molar-refractivity contribution >= 4 is 12.0 Å². The highest BCUT2D eigenvalue weighted by molar-refractivity contribution is 5.99. The molecule has 0 aromatic heterocycles. The molecule has 0 aliphatic carbocycles. The predicted octanol–water partition coefficient (Wildman–Crippen LogP) is 2.98. The van der Waals surface area contributed by atoms with Gasteiger partial charge in [-0.1, -0.05) is 18.2 Å². The summed E-state index contributed by atoms with van der Waals surface area (Å²) in [7, 11) is 1.40. The standard InChI is InChI=1S/C21H23FN2O5/c1-29-17-7-3-6-16(25)18(17)19(26)23-13-21(14-4-2-5-15(22)12-14)8-10-24(11-9-21)20(27)28/h2-7,12,25H,8-11,13H2,1H3,(H,23,26)(H,27,28). The molecule has 0 saturated carbocycles. The Hall–Kier alpha value is -3.29. The number of hydrogen-bond acceptors (Lipinski definition) is 4. The number of amides is 2.